The Morgan fingerprint density at radius 2 is 2.09 bits per heavy atom. The summed E-state index contributed by atoms with van der Waals surface area (Å²) in [5, 5.41) is 9.84. The Labute approximate surface area is 130 Å². The maximum Gasteiger partial charge on any atom is 0.335 e. The first kappa shape index (κ1) is 16.4. The number of carboxylic acid groups (broad SMARTS) is 1. The molecule has 0 unspecified atom stereocenters. The van der Waals surface area contributed by atoms with Gasteiger partial charge >= 0.3 is 5.97 Å². The largest absolute Gasteiger partial charge is 0.478 e. The van der Waals surface area contributed by atoms with Gasteiger partial charge in [0.15, 0.2) is 6.29 Å². The molecule has 118 valence electrons. The van der Waals surface area contributed by atoms with Crippen LogP contribution in [-0.4, -0.2) is 36.6 Å². The highest BCUT2D eigenvalue weighted by atomic mass is 28.3. The zero-order chi connectivity index (χ0) is 16.3. The van der Waals surface area contributed by atoms with Crippen LogP contribution in [0.4, 0.5) is 0 Å². The van der Waals surface area contributed by atoms with Crippen molar-refractivity contribution in [2.24, 2.45) is 0 Å². The van der Waals surface area contributed by atoms with Gasteiger partial charge in [0.25, 0.3) is 0 Å². The van der Waals surface area contributed by atoms with Crippen LogP contribution in [0.25, 0.3) is 10.9 Å². The third-order valence-corrected chi connectivity index (χ3v) is 5.22. The normalized spacial score (nSPS) is 11.8. The third-order valence-electron chi connectivity index (χ3n) is 3.51. The minimum atomic E-state index is -1.14. The number of fused-ring (bicyclic) bond motifs is 1. The molecule has 1 aromatic heterocycles. The number of aromatic nitrogens is 1. The molecule has 1 heterocycles. The van der Waals surface area contributed by atoms with Crippen molar-refractivity contribution in [3.05, 3.63) is 35.5 Å². The van der Waals surface area contributed by atoms with Gasteiger partial charge in [-0.1, -0.05) is 25.7 Å². The lowest BCUT2D eigenvalue weighted by atomic mass is 10.1. The zero-order valence-electron chi connectivity index (χ0n) is 13.1. The van der Waals surface area contributed by atoms with Crippen LogP contribution in [0.3, 0.4) is 0 Å². The molecule has 0 fully saturated rings. The van der Waals surface area contributed by atoms with Crippen molar-refractivity contribution < 1.29 is 19.4 Å². The first-order valence-corrected chi connectivity index (χ1v) is 10.9. The van der Waals surface area contributed by atoms with Crippen LogP contribution >= 0.6 is 0 Å². The molecule has 1 N–H and O–H groups in total. The molecule has 5 nitrogen and oxygen atoms in total. The Morgan fingerprint density at radius 3 is 2.68 bits per heavy atom. The summed E-state index contributed by atoms with van der Waals surface area (Å²) in [5.74, 6) is -0.984. The molecule has 1 aromatic carbocycles. The van der Waals surface area contributed by atoms with E-state index in [4.69, 9.17) is 9.84 Å². The molecule has 0 aliphatic carbocycles. The number of ether oxygens (including phenoxy) is 1. The fourth-order valence-electron chi connectivity index (χ4n) is 2.20. The minimum absolute atomic E-state index is 0.200. The number of aldehydes is 1. The third kappa shape index (κ3) is 3.83. The summed E-state index contributed by atoms with van der Waals surface area (Å²) in [4.78, 5) is 22.2. The van der Waals surface area contributed by atoms with E-state index < -0.39 is 14.0 Å². The summed E-state index contributed by atoms with van der Waals surface area (Å²) in [6.45, 7) is 7.84. The van der Waals surface area contributed by atoms with Crippen molar-refractivity contribution in [3.63, 3.8) is 0 Å². The Kier molecular flexibility index (Phi) is 4.83. The monoisotopic (exact) mass is 319 g/mol. The number of hydrogen-bond donors (Lipinski definition) is 1. The lowest BCUT2D eigenvalue weighted by Gasteiger charge is -2.15. The Bertz CT molecular complexity index is 700. The number of aromatic carboxylic acids is 1. The van der Waals surface area contributed by atoms with Gasteiger partial charge in [-0.3, -0.25) is 4.79 Å². The summed E-state index contributed by atoms with van der Waals surface area (Å²) < 4.78 is 7.48. The molecular formula is C16H21NO4Si. The smallest absolute Gasteiger partial charge is 0.335 e. The number of benzene rings is 1. The summed E-state index contributed by atoms with van der Waals surface area (Å²) >= 11 is 0. The Balaban J connectivity index is 2.22. The van der Waals surface area contributed by atoms with Gasteiger partial charge in [0.2, 0.25) is 0 Å². The van der Waals surface area contributed by atoms with E-state index in [0.717, 1.165) is 17.7 Å². The van der Waals surface area contributed by atoms with Gasteiger partial charge in [-0.05, 0) is 18.2 Å². The van der Waals surface area contributed by atoms with Gasteiger partial charge in [0.05, 0.1) is 11.1 Å². The topological polar surface area (TPSA) is 68.5 Å². The molecule has 0 amide bonds. The van der Waals surface area contributed by atoms with Crippen LogP contribution in [0.1, 0.15) is 20.7 Å². The van der Waals surface area contributed by atoms with E-state index >= 15 is 0 Å². The lowest BCUT2D eigenvalue weighted by molar-refractivity contribution is 0.0696. The Hall–Kier alpha value is -1.92. The van der Waals surface area contributed by atoms with Crippen LogP contribution in [-0.2, 0) is 11.5 Å². The van der Waals surface area contributed by atoms with E-state index in [1.807, 2.05) is 0 Å². The van der Waals surface area contributed by atoms with Gasteiger partial charge in [-0.25, -0.2) is 4.79 Å². The number of carbonyl (C=O) groups excluding carboxylic acids is 1. The molecule has 0 saturated carbocycles. The van der Waals surface area contributed by atoms with E-state index in [-0.39, 0.29) is 5.56 Å². The summed E-state index contributed by atoms with van der Waals surface area (Å²) in [6, 6.07) is 5.81. The van der Waals surface area contributed by atoms with E-state index in [1.165, 1.54) is 6.07 Å². The number of rotatable bonds is 7. The first-order valence-electron chi connectivity index (χ1n) is 7.21. The van der Waals surface area contributed by atoms with Crippen molar-refractivity contribution in [2.75, 3.05) is 6.61 Å². The van der Waals surface area contributed by atoms with Crippen molar-refractivity contribution in [2.45, 2.75) is 32.4 Å². The van der Waals surface area contributed by atoms with Gasteiger partial charge in [0.1, 0.15) is 6.73 Å². The number of hydrogen-bond acceptors (Lipinski definition) is 3. The summed E-state index contributed by atoms with van der Waals surface area (Å²) in [5.41, 5.74) is 1.45. The highest BCUT2D eigenvalue weighted by Gasteiger charge is 2.14. The molecule has 22 heavy (non-hydrogen) atoms. The zero-order valence-corrected chi connectivity index (χ0v) is 14.1. The molecule has 0 aliphatic heterocycles. The average Bonchev–Trinajstić information content (AvgIpc) is 2.80. The second-order valence-corrected chi connectivity index (χ2v) is 12.2. The van der Waals surface area contributed by atoms with Crippen LogP contribution in [0.2, 0.25) is 25.7 Å². The Morgan fingerprint density at radius 1 is 1.36 bits per heavy atom. The van der Waals surface area contributed by atoms with Crippen LogP contribution in [0, 0.1) is 0 Å². The fourth-order valence-corrected chi connectivity index (χ4v) is 2.95. The maximum atomic E-state index is 11.1. The van der Waals surface area contributed by atoms with E-state index in [1.54, 1.807) is 22.9 Å². The lowest BCUT2D eigenvalue weighted by Crippen LogP contribution is -2.21. The summed E-state index contributed by atoms with van der Waals surface area (Å²) in [6.07, 6.45) is 2.49. The summed E-state index contributed by atoms with van der Waals surface area (Å²) in [7, 11) is -1.14. The average molecular weight is 319 g/mol. The van der Waals surface area contributed by atoms with E-state index in [2.05, 4.69) is 19.6 Å². The molecule has 0 spiro atoms. The highest BCUT2D eigenvalue weighted by molar-refractivity contribution is 6.76. The molecular weight excluding hydrogens is 298 g/mol. The van der Waals surface area contributed by atoms with Gasteiger partial charge in [0, 0.05) is 31.8 Å². The predicted molar refractivity (Wildman–Crippen MR) is 88.4 cm³/mol. The van der Waals surface area contributed by atoms with Crippen LogP contribution < -0.4 is 0 Å². The second-order valence-electron chi connectivity index (χ2n) is 6.56. The molecule has 0 saturated heterocycles. The molecule has 0 atom stereocenters. The SMILES string of the molecule is C[Si](C)(C)CCOCn1cc(C=O)c2ccc(C(=O)O)cc21. The number of nitrogens with zero attached hydrogens (tertiary/aromatic N) is 1. The molecule has 0 radical (unpaired) electrons. The standard InChI is InChI=1S/C16H21NO4Si/c1-22(2,3)7-6-21-11-17-9-13(10-18)14-5-4-12(16(19)20)8-15(14)17/h4-5,8-10H,6-7,11H2,1-3H3,(H,19,20). The van der Waals surface area contributed by atoms with Crippen LogP contribution in [0.5, 0.6) is 0 Å². The maximum absolute atomic E-state index is 11.1. The van der Waals surface area contributed by atoms with Crippen molar-refractivity contribution in [1.82, 2.24) is 4.57 Å². The molecule has 6 heteroatoms. The first-order chi connectivity index (χ1) is 10.3. The van der Waals surface area contributed by atoms with E-state index in [9.17, 15) is 9.59 Å². The van der Waals surface area contributed by atoms with Crippen molar-refractivity contribution in [3.8, 4) is 0 Å². The van der Waals surface area contributed by atoms with Gasteiger partial charge in [-0.2, -0.15) is 0 Å². The predicted octanol–water partition coefficient (Wildman–Crippen LogP) is 3.46. The van der Waals surface area contributed by atoms with Gasteiger partial charge < -0.3 is 14.4 Å². The minimum Gasteiger partial charge on any atom is -0.478 e. The molecule has 2 aromatic rings. The highest BCUT2D eigenvalue weighted by Crippen LogP contribution is 2.22. The number of carbonyl (C=O) groups is 2. The molecule has 2 rings (SSSR count). The molecule has 0 aliphatic rings. The number of carboxylic acids is 1. The van der Waals surface area contributed by atoms with Crippen molar-refractivity contribution in [1.29, 1.82) is 0 Å². The second kappa shape index (κ2) is 6.45. The fraction of sp³-hybridized carbons (Fsp3) is 0.375. The molecule has 0 bridgehead atoms. The van der Waals surface area contributed by atoms with E-state index in [0.29, 0.717) is 24.4 Å². The van der Waals surface area contributed by atoms with Crippen molar-refractivity contribution >= 4 is 31.2 Å². The van der Waals surface area contributed by atoms with Gasteiger partial charge in [-0.15, -0.1) is 0 Å². The van der Waals surface area contributed by atoms with Crippen LogP contribution in [0.15, 0.2) is 24.4 Å². The quantitative estimate of drug-likeness (QED) is 0.482.